The van der Waals surface area contributed by atoms with Gasteiger partial charge in [0.1, 0.15) is 0 Å². The lowest BCUT2D eigenvalue weighted by molar-refractivity contribution is -0.0627. The molecule has 80 valence electrons. The van der Waals surface area contributed by atoms with Crippen molar-refractivity contribution in [3.63, 3.8) is 0 Å². The molecule has 2 saturated heterocycles. The average molecular weight is 201 g/mol. The van der Waals surface area contributed by atoms with Crippen LogP contribution in [-0.2, 0) is 4.74 Å². The van der Waals surface area contributed by atoms with Gasteiger partial charge in [-0.05, 0) is 19.3 Å². The maximum atomic E-state index is 10.5. The Kier molecular flexibility index (Phi) is 2.60. The molecule has 2 rings (SSSR count). The molecule has 2 aliphatic heterocycles. The number of hydrogen-bond donors (Lipinski definition) is 3. The number of nitrogens with one attached hydrogen (secondary N) is 1. The standard InChI is InChI=1S/C9H15NO4/c11-4-6-7(10-9(12)13)3-5-1-2-8(6)14-5/h5-8,10-11H,1-4H2,(H,12,13)/t5-,6+,7+,8-/m1/s1. The first kappa shape index (κ1) is 9.73. The van der Waals surface area contributed by atoms with Gasteiger partial charge in [0.05, 0.1) is 18.8 Å². The fourth-order valence-electron chi connectivity index (χ4n) is 2.51. The van der Waals surface area contributed by atoms with Gasteiger partial charge in [-0.3, -0.25) is 0 Å². The molecule has 2 aliphatic rings. The number of carboxylic acid groups (broad SMARTS) is 1. The molecule has 4 atom stereocenters. The van der Waals surface area contributed by atoms with E-state index in [9.17, 15) is 9.90 Å². The zero-order valence-electron chi connectivity index (χ0n) is 7.85. The SMILES string of the molecule is O=C(O)N[C@H]1C[C@H]2CC[C@@H](O2)[C@H]1CO. The Morgan fingerprint density at radius 1 is 1.50 bits per heavy atom. The Bertz CT molecular complexity index is 233. The maximum Gasteiger partial charge on any atom is 0.404 e. The van der Waals surface area contributed by atoms with E-state index in [2.05, 4.69) is 5.32 Å². The quantitative estimate of drug-likeness (QED) is 0.595. The molecular weight excluding hydrogens is 186 g/mol. The van der Waals surface area contributed by atoms with Gasteiger partial charge in [-0.15, -0.1) is 0 Å². The molecule has 5 heteroatoms. The van der Waals surface area contributed by atoms with E-state index in [4.69, 9.17) is 9.84 Å². The number of aliphatic hydroxyl groups excluding tert-OH is 1. The van der Waals surface area contributed by atoms with Crippen LogP contribution < -0.4 is 5.32 Å². The van der Waals surface area contributed by atoms with Crippen molar-refractivity contribution in [2.75, 3.05) is 6.61 Å². The summed E-state index contributed by atoms with van der Waals surface area (Å²) in [6.07, 6.45) is 1.81. The minimum atomic E-state index is -1.02. The zero-order valence-corrected chi connectivity index (χ0v) is 7.85. The highest BCUT2D eigenvalue weighted by Gasteiger charge is 2.43. The Labute approximate surface area is 82.1 Å². The van der Waals surface area contributed by atoms with Gasteiger partial charge in [0.15, 0.2) is 0 Å². The Morgan fingerprint density at radius 2 is 2.29 bits per heavy atom. The summed E-state index contributed by atoms with van der Waals surface area (Å²) < 4.78 is 5.62. The molecular formula is C9H15NO4. The van der Waals surface area contributed by atoms with Gasteiger partial charge in [-0.2, -0.15) is 0 Å². The van der Waals surface area contributed by atoms with Crippen molar-refractivity contribution in [3.05, 3.63) is 0 Å². The summed E-state index contributed by atoms with van der Waals surface area (Å²) in [6.45, 7) is -0.0116. The number of fused-ring (bicyclic) bond motifs is 2. The maximum absolute atomic E-state index is 10.5. The van der Waals surface area contributed by atoms with Crippen LogP contribution in [-0.4, -0.2) is 41.2 Å². The lowest BCUT2D eigenvalue weighted by Crippen LogP contribution is -2.50. The van der Waals surface area contributed by atoms with Crippen LogP contribution in [0.15, 0.2) is 0 Å². The summed E-state index contributed by atoms with van der Waals surface area (Å²) in [6, 6.07) is -0.149. The van der Waals surface area contributed by atoms with Crippen LogP contribution in [0.2, 0.25) is 0 Å². The van der Waals surface area contributed by atoms with Crippen molar-refractivity contribution in [3.8, 4) is 0 Å². The van der Waals surface area contributed by atoms with Crippen molar-refractivity contribution in [1.82, 2.24) is 5.32 Å². The second-order valence-corrected chi connectivity index (χ2v) is 4.01. The largest absolute Gasteiger partial charge is 0.465 e. The fourth-order valence-corrected chi connectivity index (χ4v) is 2.51. The molecule has 14 heavy (non-hydrogen) atoms. The first-order valence-corrected chi connectivity index (χ1v) is 4.96. The third kappa shape index (κ3) is 1.69. The molecule has 3 N–H and O–H groups in total. The van der Waals surface area contributed by atoms with Crippen molar-refractivity contribution in [2.45, 2.75) is 37.5 Å². The van der Waals surface area contributed by atoms with Crippen LogP contribution in [0, 0.1) is 5.92 Å². The molecule has 2 bridgehead atoms. The van der Waals surface area contributed by atoms with E-state index >= 15 is 0 Å². The number of rotatable bonds is 2. The molecule has 0 saturated carbocycles. The Morgan fingerprint density at radius 3 is 2.93 bits per heavy atom. The zero-order chi connectivity index (χ0) is 10.1. The molecule has 0 aromatic rings. The van der Waals surface area contributed by atoms with E-state index in [1.54, 1.807) is 0 Å². The number of amides is 1. The van der Waals surface area contributed by atoms with Crippen molar-refractivity contribution in [1.29, 1.82) is 0 Å². The average Bonchev–Trinajstić information content (AvgIpc) is 2.48. The van der Waals surface area contributed by atoms with Crippen LogP contribution >= 0.6 is 0 Å². The molecule has 0 aliphatic carbocycles. The van der Waals surface area contributed by atoms with E-state index < -0.39 is 6.09 Å². The van der Waals surface area contributed by atoms with E-state index in [-0.39, 0.29) is 30.8 Å². The smallest absolute Gasteiger partial charge is 0.404 e. The van der Waals surface area contributed by atoms with E-state index in [1.807, 2.05) is 0 Å². The second-order valence-electron chi connectivity index (χ2n) is 4.01. The van der Waals surface area contributed by atoms with Crippen molar-refractivity contribution >= 4 is 6.09 Å². The van der Waals surface area contributed by atoms with Gasteiger partial charge in [0.25, 0.3) is 0 Å². The highest BCUT2D eigenvalue weighted by atomic mass is 16.5. The minimum absolute atomic E-state index is 0.0116. The van der Waals surface area contributed by atoms with Crippen LogP contribution in [0.4, 0.5) is 4.79 Å². The fraction of sp³-hybridized carbons (Fsp3) is 0.889. The first-order chi connectivity index (χ1) is 6.70. The second kappa shape index (κ2) is 3.74. The summed E-state index contributed by atoms with van der Waals surface area (Å²) in [5, 5.41) is 20.3. The molecule has 0 unspecified atom stereocenters. The highest BCUT2D eigenvalue weighted by molar-refractivity contribution is 5.64. The number of aliphatic hydroxyl groups is 1. The summed E-state index contributed by atoms with van der Waals surface area (Å²) in [5.41, 5.74) is 0. The van der Waals surface area contributed by atoms with Crippen LogP contribution in [0.25, 0.3) is 0 Å². The third-order valence-corrected chi connectivity index (χ3v) is 3.17. The summed E-state index contributed by atoms with van der Waals surface area (Å²) >= 11 is 0. The number of ether oxygens (including phenoxy) is 1. The van der Waals surface area contributed by atoms with Crippen molar-refractivity contribution < 1.29 is 19.7 Å². The molecule has 0 aromatic carbocycles. The Balaban J connectivity index is 2.04. The molecule has 2 fully saturated rings. The van der Waals surface area contributed by atoms with E-state index in [0.29, 0.717) is 6.42 Å². The summed E-state index contributed by atoms with van der Waals surface area (Å²) in [7, 11) is 0. The van der Waals surface area contributed by atoms with Gasteiger partial charge in [0.2, 0.25) is 0 Å². The van der Waals surface area contributed by atoms with Crippen LogP contribution in [0.5, 0.6) is 0 Å². The number of hydrogen-bond acceptors (Lipinski definition) is 3. The topological polar surface area (TPSA) is 78.8 Å². The molecule has 5 nitrogen and oxygen atoms in total. The van der Waals surface area contributed by atoms with Gasteiger partial charge in [-0.1, -0.05) is 0 Å². The summed E-state index contributed by atoms with van der Waals surface area (Å²) in [5.74, 6) is -0.0788. The lowest BCUT2D eigenvalue weighted by Gasteiger charge is -2.35. The van der Waals surface area contributed by atoms with Crippen LogP contribution in [0.3, 0.4) is 0 Å². The van der Waals surface area contributed by atoms with Crippen molar-refractivity contribution in [2.24, 2.45) is 5.92 Å². The molecule has 0 spiro atoms. The minimum Gasteiger partial charge on any atom is -0.465 e. The van der Waals surface area contributed by atoms with E-state index in [1.165, 1.54) is 0 Å². The third-order valence-electron chi connectivity index (χ3n) is 3.17. The molecule has 2 heterocycles. The van der Waals surface area contributed by atoms with Gasteiger partial charge < -0.3 is 20.3 Å². The van der Waals surface area contributed by atoms with Gasteiger partial charge >= 0.3 is 6.09 Å². The normalized spacial score (nSPS) is 40.9. The van der Waals surface area contributed by atoms with Gasteiger partial charge in [-0.25, -0.2) is 4.79 Å². The van der Waals surface area contributed by atoms with E-state index in [0.717, 1.165) is 12.8 Å². The van der Waals surface area contributed by atoms with Crippen LogP contribution in [0.1, 0.15) is 19.3 Å². The summed E-state index contributed by atoms with van der Waals surface area (Å²) in [4.78, 5) is 10.5. The predicted octanol–water partition coefficient (Wildman–Crippen LogP) is 0.182. The predicted molar refractivity (Wildman–Crippen MR) is 48.0 cm³/mol. The van der Waals surface area contributed by atoms with Gasteiger partial charge in [0, 0.05) is 12.0 Å². The molecule has 1 amide bonds. The molecule has 0 radical (unpaired) electrons. The molecule has 0 aromatic heterocycles. The highest BCUT2D eigenvalue weighted by Crippen LogP contribution is 2.36. The lowest BCUT2D eigenvalue weighted by atomic mass is 9.91. The number of carbonyl (C=O) groups is 1. The monoisotopic (exact) mass is 201 g/mol. The Hall–Kier alpha value is -0.810. The first-order valence-electron chi connectivity index (χ1n) is 4.96.